The molecule has 0 aliphatic heterocycles. The van der Waals surface area contributed by atoms with Crippen molar-refractivity contribution in [3.8, 4) is 0 Å². The lowest BCUT2D eigenvalue weighted by Gasteiger charge is -2.15. The smallest absolute Gasteiger partial charge is 0.140 e. The van der Waals surface area contributed by atoms with Crippen molar-refractivity contribution in [2.24, 2.45) is 10.9 Å². The highest BCUT2D eigenvalue weighted by Crippen LogP contribution is 2.10. The second-order valence-corrected chi connectivity index (χ2v) is 4.28. The van der Waals surface area contributed by atoms with Crippen LogP contribution in [0.2, 0.25) is 0 Å². The van der Waals surface area contributed by atoms with E-state index in [0.717, 1.165) is 6.54 Å². The number of ether oxygens (including phenoxy) is 1. The van der Waals surface area contributed by atoms with Gasteiger partial charge in [0.25, 0.3) is 0 Å². The largest absolute Gasteiger partial charge is 0.409 e. The molecule has 0 heterocycles. The summed E-state index contributed by atoms with van der Waals surface area (Å²) in [5.41, 5.74) is 7.83. The van der Waals surface area contributed by atoms with Gasteiger partial charge in [-0.1, -0.05) is 29.4 Å². The minimum absolute atomic E-state index is 0.150. The van der Waals surface area contributed by atoms with Crippen LogP contribution in [0.4, 0.5) is 0 Å². The SMILES string of the molecule is COCc1ccccc1CNC(C)CC(N)=NO. The van der Waals surface area contributed by atoms with Crippen molar-refractivity contribution >= 4 is 5.84 Å². The van der Waals surface area contributed by atoms with Gasteiger partial charge in [0.15, 0.2) is 0 Å². The lowest BCUT2D eigenvalue weighted by molar-refractivity contribution is 0.184. The molecule has 0 aliphatic rings. The number of hydrogen-bond acceptors (Lipinski definition) is 4. The van der Waals surface area contributed by atoms with Gasteiger partial charge >= 0.3 is 0 Å². The molecule has 0 spiro atoms. The molecule has 1 aromatic carbocycles. The lowest BCUT2D eigenvalue weighted by Crippen LogP contribution is -2.31. The monoisotopic (exact) mass is 251 g/mol. The zero-order chi connectivity index (χ0) is 13.4. The van der Waals surface area contributed by atoms with Crippen LogP contribution >= 0.6 is 0 Å². The van der Waals surface area contributed by atoms with Crippen molar-refractivity contribution in [3.05, 3.63) is 35.4 Å². The van der Waals surface area contributed by atoms with Gasteiger partial charge in [-0.15, -0.1) is 0 Å². The normalized spacial score (nSPS) is 13.6. The molecule has 0 bridgehead atoms. The summed E-state index contributed by atoms with van der Waals surface area (Å²) in [4.78, 5) is 0. The highest BCUT2D eigenvalue weighted by molar-refractivity contribution is 5.80. The molecule has 5 heteroatoms. The fourth-order valence-electron chi connectivity index (χ4n) is 1.74. The van der Waals surface area contributed by atoms with Crippen LogP contribution in [0.25, 0.3) is 0 Å². The standard InChI is InChI=1S/C13H21N3O2/c1-10(7-13(14)16-17)15-8-11-5-3-4-6-12(11)9-18-2/h3-6,10,15,17H,7-9H2,1-2H3,(H2,14,16). The van der Waals surface area contributed by atoms with Crippen molar-refractivity contribution < 1.29 is 9.94 Å². The molecule has 100 valence electrons. The third kappa shape index (κ3) is 4.73. The minimum atomic E-state index is 0.150. The summed E-state index contributed by atoms with van der Waals surface area (Å²) in [5, 5.41) is 14.8. The molecule has 1 atom stereocenters. The van der Waals surface area contributed by atoms with Crippen molar-refractivity contribution in [2.75, 3.05) is 7.11 Å². The van der Waals surface area contributed by atoms with E-state index in [9.17, 15) is 0 Å². The molecule has 18 heavy (non-hydrogen) atoms. The maximum absolute atomic E-state index is 8.50. The number of rotatable bonds is 7. The Balaban J connectivity index is 2.52. The molecule has 0 radical (unpaired) electrons. The molecule has 0 saturated carbocycles. The number of benzene rings is 1. The molecule has 0 fully saturated rings. The van der Waals surface area contributed by atoms with E-state index < -0.39 is 0 Å². The van der Waals surface area contributed by atoms with E-state index >= 15 is 0 Å². The maximum Gasteiger partial charge on any atom is 0.140 e. The first-order chi connectivity index (χ1) is 8.67. The van der Waals surface area contributed by atoms with Crippen molar-refractivity contribution in [3.63, 3.8) is 0 Å². The lowest BCUT2D eigenvalue weighted by atomic mass is 10.1. The van der Waals surface area contributed by atoms with Gasteiger partial charge in [0.05, 0.1) is 6.61 Å². The second kappa shape index (κ2) is 7.68. The van der Waals surface area contributed by atoms with Crippen molar-refractivity contribution in [1.29, 1.82) is 0 Å². The van der Waals surface area contributed by atoms with E-state index in [1.165, 1.54) is 11.1 Å². The predicted octanol–water partition coefficient (Wildman–Crippen LogP) is 1.45. The first kappa shape index (κ1) is 14.5. The Hall–Kier alpha value is -1.59. The minimum Gasteiger partial charge on any atom is -0.409 e. The van der Waals surface area contributed by atoms with Gasteiger partial charge in [0.2, 0.25) is 0 Å². The van der Waals surface area contributed by atoms with Crippen LogP contribution in [-0.2, 0) is 17.9 Å². The molecule has 5 nitrogen and oxygen atoms in total. The molecule has 0 aromatic heterocycles. The Morgan fingerprint density at radius 1 is 1.44 bits per heavy atom. The average Bonchev–Trinajstić information content (AvgIpc) is 2.38. The average molecular weight is 251 g/mol. The molecule has 1 rings (SSSR count). The van der Waals surface area contributed by atoms with Gasteiger partial charge in [-0.25, -0.2) is 0 Å². The summed E-state index contributed by atoms with van der Waals surface area (Å²) in [6.45, 7) is 3.34. The first-order valence-corrected chi connectivity index (χ1v) is 5.93. The van der Waals surface area contributed by atoms with Crippen LogP contribution < -0.4 is 11.1 Å². The number of nitrogens with two attached hydrogens (primary N) is 1. The molecule has 0 saturated heterocycles. The Morgan fingerprint density at radius 2 is 2.11 bits per heavy atom. The molecule has 4 N–H and O–H groups in total. The fraction of sp³-hybridized carbons (Fsp3) is 0.462. The third-order valence-electron chi connectivity index (χ3n) is 2.70. The van der Waals surface area contributed by atoms with Gasteiger partial charge in [0.1, 0.15) is 5.84 Å². The molecule has 1 aromatic rings. The van der Waals surface area contributed by atoms with Crippen LogP contribution in [0.5, 0.6) is 0 Å². The Kier molecular flexibility index (Phi) is 6.18. The van der Waals surface area contributed by atoms with Crippen LogP contribution in [0.3, 0.4) is 0 Å². The predicted molar refractivity (Wildman–Crippen MR) is 71.5 cm³/mol. The number of methoxy groups -OCH3 is 1. The maximum atomic E-state index is 8.50. The zero-order valence-electron chi connectivity index (χ0n) is 10.9. The Labute approximate surface area is 108 Å². The zero-order valence-corrected chi connectivity index (χ0v) is 10.9. The summed E-state index contributed by atoms with van der Waals surface area (Å²) in [6.07, 6.45) is 0.517. The van der Waals surface area contributed by atoms with Crippen LogP contribution in [0.1, 0.15) is 24.5 Å². The van der Waals surface area contributed by atoms with E-state index in [1.54, 1.807) is 7.11 Å². The second-order valence-electron chi connectivity index (χ2n) is 4.28. The van der Waals surface area contributed by atoms with Crippen LogP contribution in [0.15, 0.2) is 29.4 Å². The first-order valence-electron chi connectivity index (χ1n) is 5.93. The van der Waals surface area contributed by atoms with Gasteiger partial charge < -0.3 is 21.0 Å². The Morgan fingerprint density at radius 3 is 2.72 bits per heavy atom. The number of nitrogens with zero attached hydrogens (tertiary/aromatic N) is 1. The number of oxime groups is 1. The topological polar surface area (TPSA) is 79.9 Å². The van der Waals surface area contributed by atoms with E-state index in [-0.39, 0.29) is 11.9 Å². The van der Waals surface area contributed by atoms with E-state index in [2.05, 4.69) is 22.6 Å². The van der Waals surface area contributed by atoms with Gasteiger partial charge in [0, 0.05) is 26.1 Å². The molecule has 0 aliphatic carbocycles. The van der Waals surface area contributed by atoms with Crippen molar-refractivity contribution in [1.82, 2.24) is 5.32 Å². The fourth-order valence-corrected chi connectivity index (χ4v) is 1.74. The van der Waals surface area contributed by atoms with Gasteiger partial charge in [-0.05, 0) is 18.1 Å². The van der Waals surface area contributed by atoms with Crippen molar-refractivity contribution in [2.45, 2.75) is 32.5 Å². The summed E-state index contributed by atoms with van der Waals surface area (Å²) in [6, 6.07) is 8.27. The van der Waals surface area contributed by atoms with Gasteiger partial charge in [-0.2, -0.15) is 0 Å². The van der Waals surface area contributed by atoms with E-state index in [0.29, 0.717) is 13.0 Å². The third-order valence-corrected chi connectivity index (χ3v) is 2.70. The summed E-state index contributed by atoms with van der Waals surface area (Å²) < 4.78 is 5.16. The Bertz CT molecular complexity index is 394. The van der Waals surface area contributed by atoms with Gasteiger partial charge in [-0.3, -0.25) is 0 Å². The summed E-state index contributed by atoms with van der Waals surface area (Å²) in [5.74, 6) is 0.236. The van der Waals surface area contributed by atoms with E-state index in [1.807, 2.05) is 19.1 Å². The quantitative estimate of drug-likeness (QED) is 0.296. The molecular formula is C13H21N3O2. The van der Waals surface area contributed by atoms with E-state index in [4.69, 9.17) is 15.7 Å². The summed E-state index contributed by atoms with van der Waals surface area (Å²) in [7, 11) is 1.69. The highest BCUT2D eigenvalue weighted by atomic mass is 16.5. The number of hydrogen-bond donors (Lipinski definition) is 3. The van der Waals surface area contributed by atoms with Crippen LogP contribution in [-0.4, -0.2) is 24.2 Å². The highest BCUT2D eigenvalue weighted by Gasteiger charge is 2.06. The van der Waals surface area contributed by atoms with Crippen LogP contribution in [0, 0.1) is 0 Å². The molecular weight excluding hydrogens is 230 g/mol. The number of amidine groups is 1. The number of nitrogens with one attached hydrogen (secondary N) is 1. The molecule has 1 unspecified atom stereocenters. The molecule has 0 amide bonds. The summed E-state index contributed by atoms with van der Waals surface area (Å²) >= 11 is 0.